The molecule has 0 unspecified atom stereocenters. The molecular weight excluding hydrogens is 615 g/mol. The number of fused-ring (bicyclic) bond motifs is 3. The minimum absolute atomic E-state index is 0.116. The zero-order valence-electron chi connectivity index (χ0n) is 28.0. The summed E-state index contributed by atoms with van der Waals surface area (Å²) in [6, 6.07) is 7.95. The zero-order valence-corrected chi connectivity index (χ0v) is 28.0. The Balaban J connectivity index is 0.000000692. The second-order valence-electron chi connectivity index (χ2n) is 11.5. The topological polar surface area (TPSA) is 137 Å². The number of aliphatic imine (C=N–C) groups is 1. The van der Waals surface area contributed by atoms with E-state index in [1.165, 1.54) is 38.1 Å². The van der Waals surface area contributed by atoms with Gasteiger partial charge in [-0.2, -0.15) is 0 Å². The number of benzene rings is 1. The van der Waals surface area contributed by atoms with Crippen LogP contribution in [0.25, 0.3) is 22.1 Å². The lowest BCUT2D eigenvalue weighted by Crippen LogP contribution is -2.47. The van der Waals surface area contributed by atoms with Crippen LogP contribution in [0.3, 0.4) is 0 Å². The van der Waals surface area contributed by atoms with Gasteiger partial charge in [0.1, 0.15) is 30.5 Å². The second kappa shape index (κ2) is 21.7. The molecule has 2 fully saturated rings. The number of halogens is 1. The summed E-state index contributed by atoms with van der Waals surface area (Å²) in [5.41, 5.74) is 3.75. The zero-order chi connectivity index (χ0) is 34.6. The van der Waals surface area contributed by atoms with Crippen LogP contribution in [0.15, 0.2) is 57.6 Å². The van der Waals surface area contributed by atoms with E-state index >= 15 is 0 Å². The largest absolute Gasteiger partial charge is 0.462 e. The van der Waals surface area contributed by atoms with Crippen molar-refractivity contribution in [3.05, 3.63) is 59.7 Å². The molecule has 3 aromatic rings. The molecule has 0 saturated carbocycles. The number of aromatic nitrogens is 2. The van der Waals surface area contributed by atoms with Gasteiger partial charge in [0.05, 0.1) is 18.1 Å². The van der Waals surface area contributed by atoms with E-state index in [2.05, 4.69) is 33.4 Å². The molecule has 0 bridgehead atoms. The van der Waals surface area contributed by atoms with Gasteiger partial charge < -0.3 is 29.6 Å². The molecule has 1 aromatic carbocycles. The van der Waals surface area contributed by atoms with Gasteiger partial charge in [-0.15, -0.1) is 0 Å². The Morgan fingerprint density at radius 2 is 2.00 bits per heavy atom. The van der Waals surface area contributed by atoms with E-state index in [1.807, 2.05) is 41.0 Å². The van der Waals surface area contributed by atoms with Crippen LogP contribution in [0, 0.1) is 19.5 Å². The summed E-state index contributed by atoms with van der Waals surface area (Å²) in [6.45, 7) is 9.89. The lowest BCUT2D eigenvalue weighted by atomic mass is 10.0. The molecule has 2 aliphatic rings. The number of piperidine rings is 1. The normalized spacial score (nSPS) is 15.3. The number of ether oxygens (including phenoxy) is 1. The molecule has 2 aromatic heterocycles. The lowest BCUT2D eigenvalue weighted by molar-refractivity contribution is -0.133. The molecule has 0 radical (unpaired) electrons. The third kappa shape index (κ3) is 12.1. The van der Waals surface area contributed by atoms with Crippen LogP contribution in [-0.4, -0.2) is 101 Å². The quantitative estimate of drug-likeness (QED) is 0.0712. The fourth-order valence-electron chi connectivity index (χ4n) is 5.65. The molecule has 2 saturated heterocycles. The predicted molar refractivity (Wildman–Crippen MR) is 187 cm³/mol. The molecule has 3 N–H and O–H groups in total. The number of aliphatic hydroxyl groups excluding tert-OH is 2. The van der Waals surface area contributed by atoms with Gasteiger partial charge in [-0.1, -0.05) is 30.7 Å². The number of unbranched alkanes of at least 4 members (excludes halogenated alkanes) is 1. The Labute approximate surface area is 282 Å². The maximum atomic E-state index is 12.7. The molecule has 48 heavy (non-hydrogen) atoms. The number of rotatable bonds is 14. The molecule has 1 amide bonds. The average molecular weight is 665 g/mol. The van der Waals surface area contributed by atoms with Crippen LogP contribution >= 0.6 is 0 Å². The first kappa shape index (κ1) is 38.3. The maximum absolute atomic E-state index is 12.7. The van der Waals surface area contributed by atoms with Gasteiger partial charge in [0, 0.05) is 44.1 Å². The predicted octanol–water partition coefficient (Wildman–Crippen LogP) is 5.04. The van der Waals surface area contributed by atoms with Gasteiger partial charge in [-0.25, -0.2) is 14.4 Å². The van der Waals surface area contributed by atoms with Crippen LogP contribution in [0.2, 0.25) is 0 Å². The monoisotopic (exact) mass is 664 g/mol. The van der Waals surface area contributed by atoms with Gasteiger partial charge in [0.2, 0.25) is 5.91 Å². The van der Waals surface area contributed by atoms with Crippen molar-refractivity contribution in [3.8, 4) is 12.5 Å². The Kier molecular flexibility index (Phi) is 17.3. The molecule has 12 heteroatoms. The number of furan rings is 1. The standard InChI is InChI=1S/C30H38FN5O4.C4H9N.C2H2O/c1-22-30-29(25-10-3-4-11-26(25)40-30)34-27(33-22)20-39-18-8-6-12-28(38)35-16-13-24(14-17-35)36(21-37)19-23(32-2)9-5-7-15-31;1-2-4-5-3-1;1-2-3/h3-5,7,9-11,24,37H,2,6,8,12-21H2,1H3;5H,1-4H2;1,3H/b7-5-,23-9+;;. The molecule has 0 atom stereocenters. The number of alkyl halides is 1. The summed E-state index contributed by atoms with van der Waals surface area (Å²) in [5.74, 6) is 0.769. The first-order valence-electron chi connectivity index (χ1n) is 16.5. The number of likely N-dealkylation sites (tertiary alicyclic amines) is 1. The van der Waals surface area contributed by atoms with Gasteiger partial charge >= 0.3 is 0 Å². The van der Waals surface area contributed by atoms with Crippen molar-refractivity contribution in [2.45, 2.75) is 64.5 Å². The van der Waals surface area contributed by atoms with Gasteiger partial charge in [-0.3, -0.25) is 14.7 Å². The van der Waals surface area contributed by atoms with Gasteiger partial charge in [-0.05, 0) is 83.5 Å². The SMILES string of the molecule is C#CO.C1CCNC1.C=N/C(=C/C=C\CF)CN(CO)C1CCN(C(=O)CCCCOCc2nc(C)c3oc4ccccc4c3n2)CC1. The summed E-state index contributed by atoms with van der Waals surface area (Å²) < 4.78 is 24.0. The minimum atomic E-state index is -0.542. The molecule has 5 rings (SSSR count). The number of carbonyl (C=O) groups is 1. The van der Waals surface area contributed by atoms with Crippen LogP contribution < -0.4 is 5.32 Å². The fourth-order valence-corrected chi connectivity index (χ4v) is 5.65. The second-order valence-corrected chi connectivity index (χ2v) is 11.5. The highest BCUT2D eigenvalue weighted by Gasteiger charge is 2.26. The maximum Gasteiger partial charge on any atom is 0.222 e. The summed E-state index contributed by atoms with van der Waals surface area (Å²) in [4.78, 5) is 29.7. The number of carbonyl (C=O) groups excluding carboxylic acids is 1. The first-order valence-corrected chi connectivity index (χ1v) is 16.5. The highest BCUT2D eigenvalue weighted by molar-refractivity contribution is 6.02. The number of nitrogens with zero attached hydrogens (tertiary/aromatic N) is 5. The number of hydrogen-bond donors (Lipinski definition) is 3. The number of aryl methyl sites for hydroxylation is 1. The average Bonchev–Trinajstić information content (AvgIpc) is 3.81. The van der Waals surface area contributed by atoms with Gasteiger partial charge in [0.25, 0.3) is 0 Å². The van der Waals surface area contributed by atoms with Crippen molar-refractivity contribution in [3.63, 3.8) is 0 Å². The number of allylic oxidation sites excluding steroid dienone is 3. The van der Waals surface area contributed by atoms with Crippen molar-refractivity contribution < 1.29 is 28.6 Å². The summed E-state index contributed by atoms with van der Waals surface area (Å²) in [7, 11) is 0. The van der Waals surface area contributed by atoms with Crippen molar-refractivity contribution in [1.82, 2.24) is 25.1 Å². The highest BCUT2D eigenvalue weighted by Crippen LogP contribution is 2.28. The third-order valence-electron chi connectivity index (χ3n) is 8.15. The molecule has 0 spiro atoms. The van der Waals surface area contributed by atoms with E-state index in [0.717, 1.165) is 47.9 Å². The van der Waals surface area contributed by atoms with Crippen molar-refractivity contribution in [2.75, 3.05) is 52.7 Å². The van der Waals surface area contributed by atoms with E-state index in [1.54, 1.807) is 12.2 Å². The number of amides is 1. The smallest absolute Gasteiger partial charge is 0.222 e. The van der Waals surface area contributed by atoms with E-state index < -0.39 is 6.67 Å². The van der Waals surface area contributed by atoms with Crippen molar-refractivity contribution in [1.29, 1.82) is 0 Å². The third-order valence-corrected chi connectivity index (χ3v) is 8.15. The molecule has 4 heterocycles. The lowest BCUT2D eigenvalue weighted by Gasteiger charge is -2.37. The van der Waals surface area contributed by atoms with Gasteiger partial charge in [0.15, 0.2) is 11.4 Å². The van der Waals surface area contributed by atoms with E-state index in [4.69, 9.17) is 14.3 Å². The number of hydrogen-bond acceptors (Lipinski definition) is 10. The molecule has 260 valence electrons. The Morgan fingerprint density at radius 1 is 1.27 bits per heavy atom. The van der Waals surface area contributed by atoms with E-state index in [-0.39, 0.29) is 18.7 Å². The van der Waals surface area contributed by atoms with E-state index in [0.29, 0.717) is 56.4 Å². The number of aliphatic hydroxyl groups is 2. The number of terminal acetylenes is 1. The van der Waals surface area contributed by atoms with Crippen LogP contribution in [0.4, 0.5) is 4.39 Å². The van der Waals surface area contributed by atoms with Crippen molar-refractivity contribution in [2.24, 2.45) is 4.99 Å². The Bertz CT molecular complexity index is 1510. The Hall–Kier alpha value is -4.15. The number of para-hydroxylation sites is 1. The highest BCUT2D eigenvalue weighted by atomic mass is 19.1. The molecule has 0 aliphatic carbocycles. The number of nitrogens with one attached hydrogen (secondary N) is 1. The first-order chi connectivity index (χ1) is 23.4. The van der Waals surface area contributed by atoms with Crippen LogP contribution in [0.1, 0.15) is 56.5 Å². The molecule has 11 nitrogen and oxygen atoms in total. The van der Waals surface area contributed by atoms with Crippen LogP contribution in [-0.2, 0) is 16.1 Å². The molecular formula is C36H49FN6O5. The minimum Gasteiger partial charge on any atom is -0.462 e. The molecule has 2 aliphatic heterocycles. The fraction of sp³-hybridized carbons (Fsp3) is 0.500. The Morgan fingerprint density at radius 3 is 2.65 bits per heavy atom. The summed E-state index contributed by atoms with van der Waals surface area (Å²) in [5, 5.41) is 21.2. The summed E-state index contributed by atoms with van der Waals surface area (Å²) in [6.07, 6.45) is 16.4. The summed E-state index contributed by atoms with van der Waals surface area (Å²) >= 11 is 0. The van der Waals surface area contributed by atoms with E-state index in [9.17, 15) is 14.3 Å². The van der Waals surface area contributed by atoms with Crippen LogP contribution in [0.5, 0.6) is 0 Å². The van der Waals surface area contributed by atoms with Crippen molar-refractivity contribution >= 4 is 34.7 Å².